The highest BCUT2D eigenvalue weighted by molar-refractivity contribution is 5.85. The van der Waals surface area contributed by atoms with E-state index in [9.17, 15) is 5.11 Å². The Balaban J connectivity index is 0.00000264. The van der Waals surface area contributed by atoms with Crippen molar-refractivity contribution in [3.63, 3.8) is 0 Å². The molecule has 2 rings (SSSR count). The number of hydrogen-bond acceptors (Lipinski definition) is 4. The molecule has 126 valence electrons. The van der Waals surface area contributed by atoms with Crippen LogP contribution < -0.4 is 15.0 Å². The van der Waals surface area contributed by atoms with E-state index >= 15 is 0 Å². The van der Waals surface area contributed by atoms with Crippen molar-refractivity contribution in [2.45, 2.75) is 12.1 Å². The van der Waals surface area contributed by atoms with Crippen LogP contribution in [0.4, 0.5) is 5.69 Å². The molecule has 0 radical (unpaired) electrons. The molecule has 0 bridgehead atoms. The van der Waals surface area contributed by atoms with Crippen LogP contribution in [0.15, 0.2) is 54.6 Å². The Labute approximate surface area is 144 Å². The van der Waals surface area contributed by atoms with Crippen molar-refractivity contribution in [2.75, 3.05) is 32.6 Å². The lowest BCUT2D eigenvalue weighted by Gasteiger charge is -2.34. The number of nitrogens with zero attached hydrogens (tertiary/aromatic N) is 1. The second kappa shape index (κ2) is 9.40. The Hall–Kier alpha value is -1.75. The quantitative estimate of drug-likeness (QED) is 0.816. The van der Waals surface area contributed by atoms with Crippen LogP contribution in [-0.4, -0.2) is 39.0 Å². The first-order valence-electron chi connectivity index (χ1n) is 7.42. The van der Waals surface area contributed by atoms with Gasteiger partial charge in [-0.3, -0.25) is 0 Å². The molecule has 0 heterocycles. The average molecular weight is 337 g/mol. The number of anilines is 1. The molecule has 23 heavy (non-hydrogen) atoms. The van der Waals surface area contributed by atoms with Gasteiger partial charge in [0.25, 0.3) is 0 Å². The zero-order valence-electron chi connectivity index (χ0n) is 13.8. The van der Waals surface area contributed by atoms with Crippen LogP contribution in [0.5, 0.6) is 5.75 Å². The monoisotopic (exact) mass is 336 g/mol. The third-order valence-corrected chi connectivity index (χ3v) is 3.82. The summed E-state index contributed by atoms with van der Waals surface area (Å²) in [7, 11) is 5.50. The highest BCUT2D eigenvalue weighted by Gasteiger charge is 2.25. The van der Waals surface area contributed by atoms with E-state index < -0.39 is 6.10 Å². The van der Waals surface area contributed by atoms with Crippen molar-refractivity contribution in [2.24, 2.45) is 0 Å². The van der Waals surface area contributed by atoms with Crippen LogP contribution in [0.3, 0.4) is 0 Å². The minimum Gasteiger partial charge on any atom is -0.497 e. The van der Waals surface area contributed by atoms with Gasteiger partial charge in [0.15, 0.2) is 0 Å². The standard InChI is InChI=1S/C18H24N2O2.ClH/c1-19-13-17(21)18(14-9-11-16(22-3)12-10-14)20(2)15-7-5-4-6-8-15;/h4-12,17-19,21H,13H2,1-3H3;1H. The Morgan fingerprint density at radius 3 is 2.22 bits per heavy atom. The summed E-state index contributed by atoms with van der Waals surface area (Å²) in [5.41, 5.74) is 2.12. The lowest BCUT2D eigenvalue weighted by Crippen LogP contribution is -2.39. The van der Waals surface area contributed by atoms with Crippen molar-refractivity contribution in [3.8, 4) is 5.75 Å². The molecule has 0 fully saturated rings. The molecule has 0 saturated heterocycles. The van der Waals surface area contributed by atoms with E-state index in [4.69, 9.17) is 4.74 Å². The number of benzene rings is 2. The van der Waals surface area contributed by atoms with E-state index in [1.54, 1.807) is 7.11 Å². The molecule has 0 aromatic heterocycles. The van der Waals surface area contributed by atoms with E-state index in [-0.39, 0.29) is 18.4 Å². The summed E-state index contributed by atoms with van der Waals surface area (Å²) < 4.78 is 5.21. The molecular weight excluding hydrogens is 312 g/mol. The lowest BCUT2D eigenvalue weighted by atomic mass is 9.99. The maximum absolute atomic E-state index is 10.6. The van der Waals surface area contributed by atoms with Gasteiger partial charge < -0.3 is 20.1 Å². The van der Waals surface area contributed by atoms with Gasteiger partial charge in [-0.25, -0.2) is 0 Å². The molecular formula is C18H25ClN2O2. The number of methoxy groups -OCH3 is 1. The Morgan fingerprint density at radius 2 is 1.70 bits per heavy atom. The highest BCUT2D eigenvalue weighted by Crippen LogP contribution is 2.29. The second-order valence-electron chi connectivity index (χ2n) is 5.29. The Kier molecular flexibility index (Phi) is 7.89. The largest absolute Gasteiger partial charge is 0.497 e. The molecule has 2 unspecified atom stereocenters. The van der Waals surface area contributed by atoms with E-state index in [2.05, 4.69) is 10.2 Å². The molecule has 0 amide bonds. The second-order valence-corrected chi connectivity index (χ2v) is 5.29. The summed E-state index contributed by atoms with van der Waals surface area (Å²) in [4.78, 5) is 2.10. The molecule has 0 aliphatic heterocycles. The Bertz CT molecular complexity index is 563. The van der Waals surface area contributed by atoms with Crippen molar-refractivity contribution < 1.29 is 9.84 Å². The van der Waals surface area contributed by atoms with Gasteiger partial charge >= 0.3 is 0 Å². The van der Waals surface area contributed by atoms with Gasteiger partial charge in [-0.05, 0) is 36.9 Å². The summed E-state index contributed by atoms with van der Waals surface area (Å²) in [5.74, 6) is 0.813. The highest BCUT2D eigenvalue weighted by atomic mass is 35.5. The summed E-state index contributed by atoms with van der Waals surface area (Å²) in [6, 6.07) is 17.8. The molecule has 2 atom stereocenters. The normalized spacial score (nSPS) is 12.9. The minimum atomic E-state index is -0.524. The maximum Gasteiger partial charge on any atom is 0.118 e. The van der Waals surface area contributed by atoms with Gasteiger partial charge in [-0.2, -0.15) is 0 Å². The number of hydrogen-bond donors (Lipinski definition) is 2. The van der Waals surface area contributed by atoms with Gasteiger partial charge in [-0.1, -0.05) is 30.3 Å². The number of rotatable bonds is 7. The van der Waals surface area contributed by atoms with Crippen LogP contribution in [0.2, 0.25) is 0 Å². The molecule has 5 heteroatoms. The van der Waals surface area contributed by atoms with E-state index in [0.29, 0.717) is 6.54 Å². The summed E-state index contributed by atoms with van der Waals surface area (Å²) in [5, 5.41) is 13.6. The maximum atomic E-state index is 10.6. The van der Waals surface area contributed by atoms with Crippen LogP contribution in [0.1, 0.15) is 11.6 Å². The first kappa shape index (κ1) is 19.3. The van der Waals surface area contributed by atoms with Gasteiger partial charge in [-0.15, -0.1) is 12.4 Å². The number of likely N-dealkylation sites (N-methyl/N-ethyl adjacent to an activating group) is 2. The summed E-state index contributed by atoms with van der Waals surface area (Å²) in [6.45, 7) is 0.522. The van der Waals surface area contributed by atoms with Gasteiger partial charge in [0, 0.05) is 19.3 Å². The first-order valence-corrected chi connectivity index (χ1v) is 7.42. The third kappa shape index (κ3) is 4.86. The fourth-order valence-electron chi connectivity index (χ4n) is 2.65. The molecule has 4 nitrogen and oxygen atoms in total. The van der Waals surface area contributed by atoms with Crippen LogP contribution >= 0.6 is 12.4 Å². The van der Waals surface area contributed by atoms with Gasteiger partial charge in [0.05, 0.1) is 19.3 Å². The number of nitrogens with one attached hydrogen (secondary N) is 1. The zero-order valence-corrected chi connectivity index (χ0v) is 14.6. The predicted octanol–water partition coefficient (Wildman–Crippen LogP) is 2.87. The number of ether oxygens (including phenoxy) is 1. The van der Waals surface area contributed by atoms with Crippen LogP contribution in [-0.2, 0) is 0 Å². The van der Waals surface area contributed by atoms with Crippen molar-refractivity contribution in [3.05, 3.63) is 60.2 Å². The number of halogens is 1. The summed E-state index contributed by atoms with van der Waals surface area (Å²) in [6.07, 6.45) is -0.524. The van der Waals surface area contributed by atoms with E-state index in [1.807, 2.05) is 68.7 Å². The number of aliphatic hydroxyl groups excluding tert-OH is 1. The number of para-hydroxylation sites is 1. The fraction of sp³-hybridized carbons (Fsp3) is 0.333. The summed E-state index contributed by atoms with van der Waals surface area (Å²) >= 11 is 0. The van der Waals surface area contributed by atoms with Crippen molar-refractivity contribution >= 4 is 18.1 Å². The zero-order chi connectivity index (χ0) is 15.9. The lowest BCUT2D eigenvalue weighted by molar-refractivity contribution is 0.142. The van der Waals surface area contributed by atoms with Crippen molar-refractivity contribution in [1.29, 1.82) is 0 Å². The van der Waals surface area contributed by atoms with Gasteiger partial charge in [0.1, 0.15) is 5.75 Å². The average Bonchev–Trinajstić information content (AvgIpc) is 2.56. The Morgan fingerprint density at radius 1 is 1.09 bits per heavy atom. The SMILES string of the molecule is CNCC(O)C(c1ccc(OC)cc1)N(C)c1ccccc1.Cl. The van der Waals surface area contributed by atoms with E-state index in [0.717, 1.165) is 17.0 Å². The molecule has 0 aliphatic rings. The van der Waals surface area contributed by atoms with E-state index in [1.165, 1.54) is 0 Å². The molecule has 2 N–H and O–H groups in total. The molecule has 0 spiro atoms. The fourth-order valence-corrected chi connectivity index (χ4v) is 2.65. The van der Waals surface area contributed by atoms with Gasteiger partial charge in [0.2, 0.25) is 0 Å². The van der Waals surface area contributed by atoms with Crippen LogP contribution in [0, 0.1) is 0 Å². The molecule has 0 saturated carbocycles. The third-order valence-electron chi connectivity index (χ3n) is 3.82. The van der Waals surface area contributed by atoms with Crippen LogP contribution in [0.25, 0.3) is 0 Å². The first-order chi connectivity index (χ1) is 10.7. The van der Waals surface area contributed by atoms with Crippen molar-refractivity contribution in [1.82, 2.24) is 5.32 Å². The molecule has 2 aromatic carbocycles. The predicted molar refractivity (Wildman–Crippen MR) is 97.8 cm³/mol. The molecule has 0 aliphatic carbocycles. The topological polar surface area (TPSA) is 44.7 Å². The smallest absolute Gasteiger partial charge is 0.118 e. The molecule has 2 aromatic rings. The number of aliphatic hydroxyl groups is 1. The minimum absolute atomic E-state index is 0.